The second-order valence-corrected chi connectivity index (χ2v) is 9.22. The fraction of sp³-hybridized carbons (Fsp3) is 0.700. The van der Waals surface area contributed by atoms with E-state index in [-0.39, 0.29) is 22.9 Å². The fourth-order valence-corrected chi connectivity index (χ4v) is 6.99. The van der Waals surface area contributed by atoms with E-state index in [1.807, 2.05) is 6.92 Å². The zero-order chi connectivity index (χ0) is 17.4. The van der Waals surface area contributed by atoms with Gasteiger partial charge in [0.05, 0.1) is 4.91 Å². The van der Waals surface area contributed by atoms with Gasteiger partial charge in [0, 0.05) is 11.8 Å². The molecule has 24 heavy (non-hydrogen) atoms. The Balaban J connectivity index is 1.79. The van der Waals surface area contributed by atoms with Crippen molar-refractivity contribution in [1.82, 2.24) is 0 Å². The summed E-state index contributed by atoms with van der Waals surface area (Å²) in [6.07, 6.45) is 2.88. The molecule has 0 aromatic heterocycles. The number of halogens is 1. The highest BCUT2D eigenvalue weighted by Gasteiger charge is 2.62. The minimum atomic E-state index is -1.30. The maximum Gasteiger partial charge on any atom is 0.173 e. The summed E-state index contributed by atoms with van der Waals surface area (Å²) in [6, 6.07) is 0. The first-order valence-electron chi connectivity index (χ1n) is 9.03. The lowest BCUT2D eigenvalue weighted by Crippen LogP contribution is -2.51. The SMILES string of the molecule is C=C1C[C@@H]2[C@H](CC[C@]3(C)C(=O)[C@@H](F)C[C@@H]23)[C@@]2(C)CCC(=O)C(S)=C12. The molecule has 130 valence electrons. The summed E-state index contributed by atoms with van der Waals surface area (Å²) >= 11 is 4.52. The Morgan fingerprint density at radius 3 is 2.58 bits per heavy atom. The van der Waals surface area contributed by atoms with E-state index >= 15 is 0 Å². The van der Waals surface area contributed by atoms with Gasteiger partial charge in [-0.15, -0.1) is 12.6 Å². The standard InChI is InChI=1S/C20H25FO2S/c1-10-8-11-12(19(2)7-5-15(22)17(24)16(10)19)4-6-20(3)13(11)9-14(21)18(20)23/h11-14,24H,1,4-9H2,2-3H3/t11-,12+,13+,14+,19-,20+/m1/s1. The van der Waals surface area contributed by atoms with Gasteiger partial charge in [0.15, 0.2) is 17.7 Å². The number of alkyl halides is 1. The molecule has 3 saturated carbocycles. The smallest absolute Gasteiger partial charge is 0.173 e. The lowest BCUT2D eigenvalue weighted by molar-refractivity contribution is -0.134. The van der Waals surface area contributed by atoms with Crippen LogP contribution in [0.4, 0.5) is 4.39 Å². The molecule has 0 spiro atoms. The quantitative estimate of drug-likeness (QED) is 0.656. The maximum absolute atomic E-state index is 14.2. The van der Waals surface area contributed by atoms with Crippen molar-refractivity contribution in [3.05, 3.63) is 22.6 Å². The third-order valence-corrected chi connectivity index (χ3v) is 8.21. The van der Waals surface area contributed by atoms with Crippen LogP contribution in [0.15, 0.2) is 22.6 Å². The summed E-state index contributed by atoms with van der Waals surface area (Å²) in [5.74, 6) is 0.728. The van der Waals surface area contributed by atoms with E-state index in [9.17, 15) is 14.0 Å². The molecule has 0 N–H and O–H groups in total. The van der Waals surface area contributed by atoms with E-state index in [0.29, 0.717) is 29.6 Å². The normalized spacial score (nSPS) is 48.2. The van der Waals surface area contributed by atoms with Gasteiger partial charge in [-0.2, -0.15) is 0 Å². The Bertz CT molecular complexity index is 696. The summed E-state index contributed by atoms with van der Waals surface area (Å²) < 4.78 is 14.2. The van der Waals surface area contributed by atoms with Crippen molar-refractivity contribution < 1.29 is 14.0 Å². The van der Waals surface area contributed by atoms with Crippen LogP contribution in [0.3, 0.4) is 0 Å². The number of fused-ring (bicyclic) bond motifs is 5. The zero-order valence-electron chi connectivity index (χ0n) is 14.4. The van der Waals surface area contributed by atoms with E-state index in [1.54, 1.807) is 0 Å². The Morgan fingerprint density at radius 2 is 1.88 bits per heavy atom. The highest BCUT2D eigenvalue weighted by atomic mass is 32.1. The average Bonchev–Trinajstić information content (AvgIpc) is 2.75. The molecule has 0 saturated heterocycles. The van der Waals surface area contributed by atoms with Crippen molar-refractivity contribution in [3.8, 4) is 0 Å². The van der Waals surface area contributed by atoms with Gasteiger partial charge in [-0.05, 0) is 66.4 Å². The van der Waals surface area contributed by atoms with Gasteiger partial charge in [-0.1, -0.05) is 20.4 Å². The van der Waals surface area contributed by atoms with E-state index in [4.69, 9.17) is 0 Å². The summed E-state index contributed by atoms with van der Waals surface area (Å²) in [7, 11) is 0. The molecule has 0 aromatic carbocycles. The number of carbonyl (C=O) groups is 2. The second kappa shape index (κ2) is 5.06. The van der Waals surface area contributed by atoms with E-state index in [2.05, 4.69) is 26.1 Å². The van der Waals surface area contributed by atoms with Crippen LogP contribution in [-0.2, 0) is 9.59 Å². The molecule has 0 unspecified atom stereocenters. The van der Waals surface area contributed by atoms with Crippen LogP contribution >= 0.6 is 12.6 Å². The van der Waals surface area contributed by atoms with Gasteiger partial charge in [-0.25, -0.2) is 4.39 Å². The van der Waals surface area contributed by atoms with Crippen LogP contribution in [0.5, 0.6) is 0 Å². The Morgan fingerprint density at radius 1 is 1.17 bits per heavy atom. The van der Waals surface area contributed by atoms with E-state index < -0.39 is 11.6 Å². The summed E-state index contributed by atoms with van der Waals surface area (Å²) in [5, 5.41) is 0. The first-order chi connectivity index (χ1) is 11.2. The van der Waals surface area contributed by atoms with Crippen LogP contribution in [0.1, 0.15) is 52.4 Å². The molecular weight excluding hydrogens is 323 g/mol. The molecule has 3 fully saturated rings. The number of ketones is 2. The topological polar surface area (TPSA) is 34.1 Å². The molecule has 0 radical (unpaired) electrons. The zero-order valence-corrected chi connectivity index (χ0v) is 15.3. The minimum Gasteiger partial charge on any atom is -0.296 e. The number of thiol groups is 1. The molecule has 4 rings (SSSR count). The predicted molar refractivity (Wildman–Crippen MR) is 94.4 cm³/mol. The van der Waals surface area contributed by atoms with Crippen LogP contribution in [0.25, 0.3) is 0 Å². The van der Waals surface area contributed by atoms with Gasteiger partial charge < -0.3 is 0 Å². The number of allylic oxidation sites excluding steroid dienone is 2. The molecule has 0 aromatic rings. The Kier molecular flexibility index (Phi) is 3.49. The van der Waals surface area contributed by atoms with Crippen LogP contribution in [-0.4, -0.2) is 17.7 Å². The summed E-state index contributed by atoms with van der Waals surface area (Å²) in [6.45, 7) is 8.47. The molecule has 4 aliphatic carbocycles. The summed E-state index contributed by atoms with van der Waals surface area (Å²) in [4.78, 5) is 25.1. The Hall–Kier alpha value is -0.900. The van der Waals surface area contributed by atoms with Gasteiger partial charge in [0.1, 0.15) is 0 Å². The van der Waals surface area contributed by atoms with Crippen LogP contribution < -0.4 is 0 Å². The van der Waals surface area contributed by atoms with Crippen LogP contribution in [0.2, 0.25) is 0 Å². The third-order valence-electron chi connectivity index (χ3n) is 7.73. The fourth-order valence-electron chi connectivity index (χ4n) is 6.47. The largest absolute Gasteiger partial charge is 0.296 e. The van der Waals surface area contributed by atoms with Crippen molar-refractivity contribution in [2.45, 2.75) is 58.5 Å². The lowest BCUT2D eigenvalue weighted by Gasteiger charge is -2.57. The second-order valence-electron chi connectivity index (χ2n) is 8.77. The van der Waals surface area contributed by atoms with Crippen molar-refractivity contribution in [2.75, 3.05) is 0 Å². The molecule has 2 nitrogen and oxygen atoms in total. The maximum atomic E-state index is 14.2. The monoisotopic (exact) mass is 348 g/mol. The molecule has 4 aliphatic rings. The number of hydrogen-bond donors (Lipinski definition) is 1. The number of Topliss-reactive ketones (excluding diaryl/α,β-unsaturated/α-hetero) is 2. The molecule has 0 bridgehead atoms. The van der Waals surface area contributed by atoms with Crippen molar-refractivity contribution in [1.29, 1.82) is 0 Å². The van der Waals surface area contributed by atoms with Gasteiger partial charge in [0.25, 0.3) is 0 Å². The van der Waals surface area contributed by atoms with Crippen LogP contribution in [0, 0.1) is 28.6 Å². The number of rotatable bonds is 0. The molecule has 6 atom stereocenters. The molecular formula is C20H25FO2S. The predicted octanol–water partition coefficient (Wildman–Crippen LogP) is 4.46. The molecule has 4 heteroatoms. The van der Waals surface area contributed by atoms with Gasteiger partial charge in [0.2, 0.25) is 0 Å². The highest BCUT2D eigenvalue weighted by Crippen LogP contribution is 2.66. The third kappa shape index (κ3) is 1.89. The lowest BCUT2D eigenvalue weighted by atomic mass is 9.46. The first-order valence-corrected chi connectivity index (χ1v) is 9.48. The van der Waals surface area contributed by atoms with Crippen molar-refractivity contribution >= 4 is 24.2 Å². The first kappa shape index (κ1) is 16.6. The number of carbonyl (C=O) groups excluding carboxylic acids is 2. The summed E-state index contributed by atoms with van der Waals surface area (Å²) in [5.41, 5.74) is 1.42. The number of hydrogen-bond acceptors (Lipinski definition) is 3. The molecule has 0 heterocycles. The van der Waals surface area contributed by atoms with Gasteiger partial charge >= 0.3 is 0 Å². The minimum absolute atomic E-state index is 0.106. The average molecular weight is 348 g/mol. The highest BCUT2D eigenvalue weighted by molar-refractivity contribution is 7.85. The van der Waals surface area contributed by atoms with Crippen molar-refractivity contribution in [3.63, 3.8) is 0 Å². The molecule has 0 aliphatic heterocycles. The van der Waals surface area contributed by atoms with Gasteiger partial charge in [-0.3, -0.25) is 9.59 Å². The Labute approximate surface area is 148 Å². The van der Waals surface area contributed by atoms with Crippen molar-refractivity contribution in [2.24, 2.45) is 28.6 Å². The van der Waals surface area contributed by atoms with E-state index in [0.717, 1.165) is 36.8 Å². The van der Waals surface area contributed by atoms with E-state index in [1.165, 1.54) is 0 Å². The molecule has 0 amide bonds.